The molecule has 1 rings (SSSR count). The molecule has 0 spiro atoms. The molecule has 0 aromatic heterocycles. The van der Waals surface area contributed by atoms with Crippen LogP contribution in [-0.4, -0.2) is 35.7 Å². The van der Waals surface area contributed by atoms with Gasteiger partial charge in [0.2, 0.25) is 5.91 Å². The van der Waals surface area contributed by atoms with Gasteiger partial charge in [0.1, 0.15) is 6.10 Å². The first-order valence-electron chi connectivity index (χ1n) is 5.43. The van der Waals surface area contributed by atoms with Gasteiger partial charge in [-0.3, -0.25) is 4.79 Å². The Hall–Kier alpha value is -1.61. The van der Waals surface area contributed by atoms with E-state index in [2.05, 4.69) is 11.4 Å². The molecule has 0 saturated carbocycles. The highest BCUT2D eigenvalue weighted by Crippen LogP contribution is 2.20. The van der Waals surface area contributed by atoms with Crippen molar-refractivity contribution in [3.63, 3.8) is 0 Å². The van der Waals surface area contributed by atoms with Crippen LogP contribution in [0.25, 0.3) is 0 Å². The fourth-order valence-corrected chi connectivity index (χ4v) is 1.47. The van der Waals surface area contributed by atoms with Crippen LogP contribution < -0.4 is 5.32 Å². The molecule has 1 fully saturated rings. The van der Waals surface area contributed by atoms with Crippen LogP contribution in [0.1, 0.15) is 26.7 Å². The summed E-state index contributed by atoms with van der Waals surface area (Å²) in [6, 6.07) is 2.06. The van der Waals surface area contributed by atoms with Crippen LogP contribution in [0.5, 0.6) is 0 Å². The number of carbonyl (C=O) groups excluding carboxylic acids is 1. The first-order valence-corrected chi connectivity index (χ1v) is 5.43. The maximum Gasteiger partial charge on any atom is 0.332 e. The quantitative estimate of drug-likeness (QED) is 0.735. The Labute approximate surface area is 99.6 Å². The molecule has 6 nitrogen and oxygen atoms in total. The maximum atomic E-state index is 11.6. The SMILES string of the molecule is CC(C)(C#N)CNC(=O)C1CCC(C(=O)O)O1. The first kappa shape index (κ1) is 13.5. The minimum absolute atomic E-state index is 0.222. The van der Waals surface area contributed by atoms with E-state index >= 15 is 0 Å². The minimum Gasteiger partial charge on any atom is -0.479 e. The number of nitrogens with zero attached hydrogens (tertiary/aromatic N) is 1. The normalized spacial score (nSPS) is 24.1. The van der Waals surface area contributed by atoms with Crippen LogP contribution in [-0.2, 0) is 14.3 Å². The Bertz CT molecular complexity index is 359. The van der Waals surface area contributed by atoms with Gasteiger partial charge >= 0.3 is 5.97 Å². The van der Waals surface area contributed by atoms with E-state index in [4.69, 9.17) is 15.1 Å². The average Bonchev–Trinajstić information content (AvgIpc) is 2.75. The molecule has 1 heterocycles. The highest BCUT2D eigenvalue weighted by molar-refractivity contribution is 5.82. The van der Waals surface area contributed by atoms with E-state index in [0.29, 0.717) is 12.8 Å². The Kier molecular flexibility index (Phi) is 4.07. The van der Waals surface area contributed by atoms with E-state index in [1.807, 2.05) is 0 Å². The van der Waals surface area contributed by atoms with Gasteiger partial charge in [-0.1, -0.05) is 0 Å². The predicted molar refractivity (Wildman–Crippen MR) is 57.9 cm³/mol. The van der Waals surface area contributed by atoms with Crippen LogP contribution in [0.2, 0.25) is 0 Å². The summed E-state index contributed by atoms with van der Waals surface area (Å²) < 4.78 is 5.09. The molecule has 0 bridgehead atoms. The van der Waals surface area contributed by atoms with E-state index in [1.165, 1.54) is 0 Å². The van der Waals surface area contributed by atoms with Crippen LogP contribution in [0, 0.1) is 16.7 Å². The molecule has 0 aliphatic carbocycles. The van der Waals surface area contributed by atoms with Crippen LogP contribution in [0.3, 0.4) is 0 Å². The molecule has 0 aromatic carbocycles. The Morgan fingerprint density at radius 3 is 2.53 bits per heavy atom. The molecule has 1 aliphatic rings. The second-order valence-corrected chi connectivity index (χ2v) is 4.74. The summed E-state index contributed by atoms with van der Waals surface area (Å²) in [7, 11) is 0. The van der Waals surface area contributed by atoms with E-state index in [-0.39, 0.29) is 12.5 Å². The summed E-state index contributed by atoms with van der Waals surface area (Å²) in [6.45, 7) is 3.64. The van der Waals surface area contributed by atoms with Crippen molar-refractivity contribution in [2.45, 2.75) is 38.9 Å². The smallest absolute Gasteiger partial charge is 0.332 e. The lowest BCUT2D eigenvalue weighted by Crippen LogP contribution is -2.40. The van der Waals surface area contributed by atoms with Gasteiger partial charge in [-0.05, 0) is 26.7 Å². The van der Waals surface area contributed by atoms with Crippen molar-refractivity contribution in [1.82, 2.24) is 5.32 Å². The molecule has 0 radical (unpaired) electrons. The third-order valence-electron chi connectivity index (χ3n) is 2.59. The molecule has 6 heteroatoms. The molecule has 1 saturated heterocycles. The number of rotatable bonds is 4. The Morgan fingerprint density at radius 1 is 1.47 bits per heavy atom. The summed E-state index contributed by atoms with van der Waals surface area (Å²) >= 11 is 0. The molecule has 2 atom stereocenters. The lowest BCUT2D eigenvalue weighted by Gasteiger charge is -2.18. The fraction of sp³-hybridized carbons (Fsp3) is 0.727. The van der Waals surface area contributed by atoms with E-state index in [1.54, 1.807) is 13.8 Å². The summed E-state index contributed by atoms with van der Waals surface area (Å²) in [4.78, 5) is 22.3. The zero-order valence-electron chi connectivity index (χ0n) is 9.90. The van der Waals surface area contributed by atoms with Crippen molar-refractivity contribution in [2.24, 2.45) is 5.41 Å². The summed E-state index contributed by atoms with van der Waals surface area (Å²) in [6.07, 6.45) is -0.870. The van der Waals surface area contributed by atoms with Gasteiger partial charge in [0.05, 0.1) is 11.5 Å². The fourth-order valence-electron chi connectivity index (χ4n) is 1.47. The van der Waals surface area contributed by atoms with E-state index < -0.39 is 23.6 Å². The molecule has 17 heavy (non-hydrogen) atoms. The summed E-state index contributed by atoms with van der Waals surface area (Å²) in [5.74, 6) is -1.39. The minimum atomic E-state index is -1.04. The van der Waals surface area contributed by atoms with Gasteiger partial charge in [0, 0.05) is 6.54 Å². The molecule has 0 aromatic rings. The number of carbonyl (C=O) groups is 2. The van der Waals surface area contributed by atoms with Crippen LogP contribution >= 0.6 is 0 Å². The summed E-state index contributed by atoms with van der Waals surface area (Å²) in [5, 5.41) is 20.1. The Morgan fingerprint density at radius 2 is 2.06 bits per heavy atom. The monoisotopic (exact) mass is 240 g/mol. The number of hydrogen-bond donors (Lipinski definition) is 2. The molecule has 1 amide bonds. The topological polar surface area (TPSA) is 99.4 Å². The molecular weight excluding hydrogens is 224 g/mol. The zero-order chi connectivity index (χ0) is 13.1. The zero-order valence-corrected chi connectivity index (χ0v) is 9.90. The third-order valence-corrected chi connectivity index (χ3v) is 2.59. The van der Waals surface area contributed by atoms with Crippen molar-refractivity contribution in [2.75, 3.05) is 6.54 Å². The summed E-state index contributed by atoms with van der Waals surface area (Å²) in [5.41, 5.74) is -0.638. The lowest BCUT2D eigenvalue weighted by molar-refractivity contribution is -0.151. The number of aliphatic carboxylic acids is 1. The second-order valence-electron chi connectivity index (χ2n) is 4.74. The van der Waals surface area contributed by atoms with Crippen LogP contribution in [0.15, 0.2) is 0 Å². The average molecular weight is 240 g/mol. The number of nitriles is 1. The molecule has 94 valence electrons. The lowest BCUT2D eigenvalue weighted by atomic mass is 9.96. The highest BCUT2D eigenvalue weighted by Gasteiger charge is 2.35. The van der Waals surface area contributed by atoms with Gasteiger partial charge in [-0.15, -0.1) is 0 Å². The van der Waals surface area contributed by atoms with Crippen molar-refractivity contribution in [3.8, 4) is 6.07 Å². The standard InChI is InChI=1S/C11H16N2O4/c1-11(2,5-12)6-13-9(14)7-3-4-8(17-7)10(15)16/h7-8H,3-4,6H2,1-2H3,(H,13,14)(H,15,16). The number of amides is 1. The number of carboxylic acids is 1. The molecule has 2 N–H and O–H groups in total. The van der Waals surface area contributed by atoms with Gasteiger partial charge in [-0.25, -0.2) is 4.79 Å². The third kappa shape index (κ3) is 3.71. The van der Waals surface area contributed by atoms with E-state index in [9.17, 15) is 9.59 Å². The molecule has 1 aliphatic heterocycles. The Balaban J connectivity index is 2.41. The van der Waals surface area contributed by atoms with Gasteiger partial charge in [0.15, 0.2) is 6.10 Å². The number of carboxylic acid groups (broad SMARTS) is 1. The van der Waals surface area contributed by atoms with Crippen molar-refractivity contribution in [3.05, 3.63) is 0 Å². The largest absolute Gasteiger partial charge is 0.479 e. The van der Waals surface area contributed by atoms with E-state index in [0.717, 1.165) is 0 Å². The second kappa shape index (κ2) is 5.15. The number of nitrogens with one attached hydrogen (secondary N) is 1. The van der Waals surface area contributed by atoms with Crippen molar-refractivity contribution < 1.29 is 19.4 Å². The van der Waals surface area contributed by atoms with Gasteiger partial charge in [0.25, 0.3) is 0 Å². The maximum absolute atomic E-state index is 11.6. The number of ether oxygens (including phenoxy) is 1. The predicted octanol–water partition coefficient (Wildman–Crippen LogP) is 0.285. The van der Waals surface area contributed by atoms with Gasteiger partial charge in [-0.2, -0.15) is 5.26 Å². The number of hydrogen-bond acceptors (Lipinski definition) is 4. The van der Waals surface area contributed by atoms with Crippen molar-refractivity contribution >= 4 is 11.9 Å². The van der Waals surface area contributed by atoms with Crippen LogP contribution in [0.4, 0.5) is 0 Å². The highest BCUT2D eigenvalue weighted by atomic mass is 16.5. The first-order chi connectivity index (χ1) is 7.85. The van der Waals surface area contributed by atoms with Crippen molar-refractivity contribution in [1.29, 1.82) is 5.26 Å². The molecule has 2 unspecified atom stereocenters. The molecular formula is C11H16N2O4. The van der Waals surface area contributed by atoms with Gasteiger partial charge < -0.3 is 15.2 Å².